The Morgan fingerprint density at radius 3 is 2.60 bits per heavy atom. The SMILES string of the molecule is COc1ccc(OCc2csc(C3=CCN(C(=O)OC(C)(C)C)CC3)n2)cc1OC. The van der Waals surface area contributed by atoms with Crippen LogP contribution >= 0.6 is 11.3 Å². The summed E-state index contributed by atoms with van der Waals surface area (Å²) in [5.41, 5.74) is 1.52. The number of carbonyl (C=O) groups excluding carboxylic acids is 1. The molecule has 0 fully saturated rings. The lowest BCUT2D eigenvalue weighted by atomic mass is 10.1. The first-order valence-corrected chi connectivity index (χ1v) is 10.6. The van der Waals surface area contributed by atoms with Crippen LogP contribution < -0.4 is 14.2 Å². The first kappa shape index (κ1) is 22.0. The average Bonchev–Trinajstić information content (AvgIpc) is 3.20. The highest BCUT2D eigenvalue weighted by atomic mass is 32.1. The van der Waals surface area contributed by atoms with Gasteiger partial charge in [0.25, 0.3) is 0 Å². The summed E-state index contributed by atoms with van der Waals surface area (Å²) >= 11 is 1.59. The highest BCUT2D eigenvalue weighted by molar-refractivity contribution is 7.10. The zero-order valence-electron chi connectivity index (χ0n) is 18.1. The van der Waals surface area contributed by atoms with Crippen LogP contribution in [0.4, 0.5) is 4.79 Å². The molecule has 0 atom stereocenters. The molecule has 3 rings (SSSR count). The summed E-state index contributed by atoms with van der Waals surface area (Å²) in [6.07, 6.45) is 2.52. The maximum absolute atomic E-state index is 12.2. The smallest absolute Gasteiger partial charge is 0.410 e. The largest absolute Gasteiger partial charge is 0.493 e. The summed E-state index contributed by atoms with van der Waals surface area (Å²) in [5, 5.41) is 2.96. The minimum atomic E-state index is -0.487. The van der Waals surface area contributed by atoms with Crippen LogP contribution in [0, 0.1) is 0 Å². The predicted octanol–water partition coefficient (Wildman–Crippen LogP) is 4.76. The lowest BCUT2D eigenvalue weighted by molar-refractivity contribution is 0.0270. The van der Waals surface area contributed by atoms with Crippen LogP contribution in [0.15, 0.2) is 29.7 Å². The normalized spacial score (nSPS) is 14.2. The molecule has 0 saturated carbocycles. The molecule has 7 nitrogen and oxygen atoms in total. The van der Waals surface area contributed by atoms with E-state index in [2.05, 4.69) is 4.98 Å². The van der Waals surface area contributed by atoms with E-state index < -0.39 is 5.60 Å². The Bertz CT molecular complexity index is 916. The number of ether oxygens (including phenoxy) is 4. The molecule has 1 aromatic heterocycles. The van der Waals surface area contributed by atoms with Crippen molar-refractivity contribution in [1.29, 1.82) is 0 Å². The third kappa shape index (κ3) is 5.66. The monoisotopic (exact) mass is 432 g/mol. The fourth-order valence-corrected chi connectivity index (χ4v) is 3.82. The molecule has 1 aromatic carbocycles. The van der Waals surface area contributed by atoms with Crippen LogP contribution in [0.3, 0.4) is 0 Å². The molecule has 1 aliphatic rings. The second-order valence-corrected chi connectivity index (χ2v) is 8.71. The van der Waals surface area contributed by atoms with E-state index in [0.29, 0.717) is 36.9 Å². The van der Waals surface area contributed by atoms with Crippen LogP contribution in [-0.2, 0) is 11.3 Å². The van der Waals surface area contributed by atoms with Gasteiger partial charge in [-0.15, -0.1) is 11.3 Å². The molecule has 0 radical (unpaired) electrons. The minimum absolute atomic E-state index is 0.277. The summed E-state index contributed by atoms with van der Waals surface area (Å²) in [5.74, 6) is 1.97. The molecular weight excluding hydrogens is 404 g/mol. The van der Waals surface area contributed by atoms with Crippen molar-refractivity contribution in [1.82, 2.24) is 9.88 Å². The van der Waals surface area contributed by atoms with Crippen LogP contribution in [0.2, 0.25) is 0 Å². The molecular formula is C22H28N2O5S. The standard InChI is InChI=1S/C22H28N2O5S/c1-22(2,3)29-21(25)24-10-8-15(9-11-24)20-23-16(14-30-20)13-28-17-6-7-18(26-4)19(12-17)27-5/h6-8,12,14H,9-11,13H2,1-5H3. The number of aromatic nitrogens is 1. The van der Waals surface area contributed by atoms with Gasteiger partial charge in [0.2, 0.25) is 0 Å². The van der Waals surface area contributed by atoms with Crippen molar-refractivity contribution in [2.75, 3.05) is 27.3 Å². The second-order valence-electron chi connectivity index (χ2n) is 7.86. The fourth-order valence-electron chi connectivity index (χ4n) is 2.94. The van der Waals surface area contributed by atoms with Gasteiger partial charge in [-0.2, -0.15) is 0 Å². The van der Waals surface area contributed by atoms with E-state index in [1.54, 1.807) is 36.5 Å². The minimum Gasteiger partial charge on any atom is -0.493 e. The van der Waals surface area contributed by atoms with Crippen LogP contribution in [0.1, 0.15) is 37.9 Å². The van der Waals surface area contributed by atoms with Gasteiger partial charge in [0.15, 0.2) is 11.5 Å². The Hall–Kier alpha value is -2.74. The number of rotatable bonds is 6. The number of nitrogens with zero attached hydrogens (tertiary/aromatic N) is 2. The number of hydrogen-bond donors (Lipinski definition) is 0. The maximum Gasteiger partial charge on any atom is 0.410 e. The van der Waals surface area contributed by atoms with Crippen molar-refractivity contribution in [2.24, 2.45) is 0 Å². The van der Waals surface area contributed by atoms with Crippen LogP contribution in [0.25, 0.3) is 5.57 Å². The van der Waals surface area contributed by atoms with Gasteiger partial charge in [-0.1, -0.05) is 6.08 Å². The van der Waals surface area contributed by atoms with Gasteiger partial charge < -0.3 is 23.8 Å². The number of hydrogen-bond acceptors (Lipinski definition) is 7. The van der Waals surface area contributed by atoms with Crippen LogP contribution in [0.5, 0.6) is 17.2 Å². The van der Waals surface area contributed by atoms with E-state index in [-0.39, 0.29) is 6.09 Å². The molecule has 1 amide bonds. The topological polar surface area (TPSA) is 70.1 Å². The summed E-state index contributed by atoms with van der Waals surface area (Å²) in [6.45, 7) is 7.13. The van der Waals surface area contributed by atoms with Gasteiger partial charge in [-0.25, -0.2) is 9.78 Å². The third-order valence-electron chi connectivity index (χ3n) is 4.43. The van der Waals surface area contributed by atoms with E-state index in [1.807, 2.05) is 44.4 Å². The lowest BCUT2D eigenvalue weighted by Gasteiger charge is -2.29. The van der Waals surface area contributed by atoms with Gasteiger partial charge in [0, 0.05) is 24.5 Å². The fraction of sp³-hybridized carbons (Fsp3) is 0.455. The molecule has 2 aromatic rings. The van der Waals surface area contributed by atoms with Gasteiger partial charge in [-0.05, 0) is 44.9 Å². The number of benzene rings is 1. The highest BCUT2D eigenvalue weighted by Crippen LogP contribution is 2.31. The molecule has 0 aliphatic carbocycles. The maximum atomic E-state index is 12.2. The Morgan fingerprint density at radius 1 is 1.20 bits per heavy atom. The van der Waals surface area contributed by atoms with Crippen molar-refractivity contribution >= 4 is 23.0 Å². The highest BCUT2D eigenvalue weighted by Gasteiger charge is 2.24. The Balaban J connectivity index is 1.57. The van der Waals surface area contributed by atoms with Gasteiger partial charge in [0.05, 0.1) is 19.9 Å². The Kier molecular flexibility index (Phi) is 6.87. The van der Waals surface area contributed by atoms with E-state index in [9.17, 15) is 4.79 Å². The number of thiazole rings is 1. The summed E-state index contributed by atoms with van der Waals surface area (Å²) in [6, 6.07) is 5.44. The quantitative estimate of drug-likeness (QED) is 0.655. The van der Waals surface area contributed by atoms with Gasteiger partial charge in [-0.3, -0.25) is 0 Å². The lowest BCUT2D eigenvalue weighted by Crippen LogP contribution is -2.39. The Labute approximate surface area is 181 Å². The Morgan fingerprint density at radius 2 is 1.97 bits per heavy atom. The van der Waals surface area contributed by atoms with Crippen molar-refractivity contribution < 1.29 is 23.7 Å². The molecule has 0 saturated heterocycles. The van der Waals surface area contributed by atoms with Crippen molar-refractivity contribution in [3.8, 4) is 17.2 Å². The summed E-state index contributed by atoms with van der Waals surface area (Å²) < 4.78 is 21.8. The molecule has 0 N–H and O–H groups in total. The zero-order valence-corrected chi connectivity index (χ0v) is 18.9. The first-order valence-electron chi connectivity index (χ1n) is 9.75. The summed E-state index contributed by atoms with van der Waals surface area (Å²) in [4.78, 5) is 18.6. The zero-order chi connectivity index (χ0) is 21.7. The molecule has 8 heteroatoms. The molecule has 162 valence electrons. The summed E-state index contributed by atoms with van der Waals surface area (Å²) in [7, 11) is 3.19. The molecule has 2 heterocycles. The molecule has 30 heavy (non-hydrogen) atoms. The van der Waals surface area contributed by atoms with E-state index in [1.165, 1.54) is 0 Å². The van der Waals surface area contributed by atoms with Crippen molar-refractivity contribution in [3.63, 3.8) is 0 Å². The average molecular weight is 433 g/mol. The number of amides is 1. The number of carbonyl (C=O) groups is 1. The van der Waals surface area contributed by atoms with Gasteiger partial charge in [0.1, 0.15) is 23.0 Å². The molecule has 1 aliphatic heterocycles. The molecule has 0 spiro atoms. The van der Waals surface area contributed by atoms with Crippen molar-refractivity contribution in [3.05, 3.63) is 40.4 Å². The molecule has 0 bridgehead atoms. The number of methoxy groups -OCH3 is 2. The predicted molar refractivity (Wildman–Crippen MR) is 116 cm³/mol. The second kappa shape index (κ2) is 9.38. The van der Waals surface area contributed by atoms with Gasteiger partial charge >= 0.3 is 6.09 Å². The third-order valence-corrected chi connectivity index (χ3v) is 5.40. The first-order chi connectivity index (χ1) is 14.3. The van der Waals surface area contributed by atoms with E-state index in [4.69, 9.17) is 18.9 Å². The van der Waals surface area contributed by atoms with Crippen LogP contribution in [-0.4, -0.2) is 48.9 Å². The molecule has 0 unspecified atom stereocenters. The van der Waals surface area contributed by atoms with E-state index in [0.717, 1.165) is 22.7 Å². The van der Waals surface area contributed by atoms with E-state index >= 15 is 0 Å². The van der Waals surface area contributed by atoms with Crippen molar-refractivity contribution in [2.45, 2.75) is 39.4 Å².